The monoisotopic (exact) mass is 236 g/mol. The number of likely N-dealkylation sites (tertiary alicyclic amines) is 1. The molecule has 94 valence electrons. The van der Waals surface area contributed by atoms with Crippen LogP contribution in [0, 0.1) is 11.7 Å². The van der Waals surface area contributed by atoms with Crippen molar-refractivity contribution < 1.29 is 4.39 Å². The number of hydrogen-bond acceptors (Lipinski definition) is 2. The fraction of sp³-hybridized carbons (Fsp3) is 0.571. The number of rotatable bonds is 3. The molecule has 3 unspecified atom stereocenters. The van der Waals surface area contributed by atoms with Crippen LogP contribution in [0.5, 0.6) is 0 Å². The van der Waals surface area contributed by atoms with Crippen LogP contribution in [0.1, 0.15) is 25.3 Å². The van der Waals surface area contributed by atoms with Gasteiger partial charge >= 0.3 is 0 Å². The molecular weight excluding hydrogens is 215 g/mol. The van der Waals surface area contributed by atoms with Gasteiger partial charge in [-0.2, -0.15) is 0 Å². The van der Waals surface area contributed by atoms with Crippen molar-refractivity contribution in [3.8, 4) is 0 Å². The quantitative estimate of drug-likeness (QED) is 0.872. The fourth-order valence-electron chi connectivity index (χ4n) is 2.53. The van der Waals surface area contributed by atoms with Crippen molar-refractivity contribution in [3.63, 3.8) is 0 Å². The van der Waals surface area contributed by atoms with Crippen LogP contribution in [0.25, 0.3) is 0 Å². The minimum absolute atomic E-state index is 0.169. The van der Waals surface area contributed by atoms with Crippen LogP contribution in [0.2, 0.25) is 0 Å². The van der Waals surface area contributed by atoms with Gasteiger partial charge in [0.2, 0.25) is 0 Å². The molecule has 1 saturated heterocycles. The summed E-state index contributed by atoms with van der Waals surface area (Å²) in [5.74, 6) is 0.835. The summed E-state index contributed by atoms with van der Waals surface area (Å²) in [6.45, 7) is 7.44. The van der Waals surface area contributed by atoms with E-state index in [-0.39, 0.29) is 5.82 Å². The lowest BCUT2D eigenvalue weighted by atomic mass is 10.0. The molecule has 17 heavy (non-hydrogen) atoms. The van der Waals surface area contributed by atoms with Gasteiger partial charge in [0, 0.05) is 25.7 Å². The highest BCUT2D eigenvalue weighted by Crippen LogP contribution is 2.21. The molecule has 0 amide bonds. The first-order chi connectivity index (χ1) is 8.06. The van der Waals surface area contributed by atoms with Gasteiger partial charge in [-0.05, 0) is 29.5 Å². The Hall–Kier alpha value is -0.930. The van der Waals surface area contributed by atoms with Crippen LogP contribution in [-0.2, 0) is 0 Å². The van der Waals surface area contributed by atoms with Crippen LogP contribution in [0.4, 0.5) is 4.39 Å². The fourth-order valence-corrected chi connectivity index (χ4v) is 2.53. The lowest BCUT2D eigenvalue weighted by molar-refractivity contribution is 0.309. The van der Waals surface area contributed by atoms with E-state index in [1.807, 2.05) is 12.1 Å². The Kier molecular flexibility index (Phi) is 3.79. The Morgan fingerprint density at radius 1 is 1.35 bits per heavy atom. The summed E-state index contributed by atoms with van der Waals surface area (Å²) in [5.41, 5.74) is 7.21. The predicted octanol–water partition coefficient (Wildman–Crippen LogP) is 2.21. The third kappa shape index (κ3) is 3.05. The van der Waals surface area contributed by atoms with Gasteiger partial charge in [-0.3, -0.25) is 0 Å². The van der Waals surface area contributed by atoms with Gasteiger partial charge in [-0.25, -0.2) is 4.39 Å². The molecule has 1 heterocycles. The van der Waals surface area contributed by atoms with Crippen LogP contribution < -0.4 is 5.73 Å². The van der Waals surface area contributed by atoms with Crippen LogP contribution in [-0.4, -0.2) is 30.6 Å². The summed E-state index contributed by atoms with van der Waals surface area (Å²) >= 11 is 0. The first kappa shape index (κ1) is 12.5. The largest absolute Gasteiger partial charge is 0.326 e. The van der Waals surface area contributed by atoms with E-state index in [2.05, 4.69) is 18.7 Å². The average Bonchev–Trinajstić information content (AvgIpc) is 2.58. The first-order valence-electron chi connectivity index (χ1n) is 6.29. The van der Waals surface area contributed by atoms with Crippen molar-refractivity contribution in [2.75, 3.05) is 19.6 Å². The van der Waals surface area contributed by atoms with Gasteiger partial charge in [0.1, 0.15) is 5.82 Å². The van der Waals surface area contributed by atoms with Crippen molar-refractivity contribution in [1.29, 1.82) is 0 Å². The number of halogens is 1. The van der Waals surface area contributed by atoms with Crippen LogP contribution in [0.15, 0.2) is 24.3 Å². The SMILES string of the molecule is CC(CN1CC(C)C(N)C1)c1ccc(F)cc1. The smallest absolute Gasteiger partial charge is 0.123 e. The summed E-state index contributed by atoms with van der Waals surface area (Å²) in [6, 6.07) is 7.11. The predicted molar refractivity (Wildman–Crippen MR) is 68.4 cm³/mol. The lowest BCUT2D eigenvalue weighted by Gasteiger charge is -2.20. The second-order valence-corrected chi connectivity index (χ2v) is 5.31. The van der Waals surface area contributed by atoms with Gasteiger partial charge in [-0.1, -0.05) is 26.0 Å². The summed E-state index contributed by atoms with van der Waals surface area (Å²) in [5, 5.41) is 0. The molecule has 1 aromatic rings. The molecule has 3 heteroatoms. The molecule has 3 atom stereocenters. The van der Waals surface area contributed by atoms with Crippen molar-refractivity contribution in [2.45, 2.75) is 25.8 Å². The van der Waals surface area contributed by atoms with Crippen molar-refractivity contribution in [1.82, 2.24) is 4.90 Å². The highest BCUT2D eigenvalue weighted by molar-refractivity contribution is 5.20. The molecule has 0 radical (unpaired) electrons. The maximum absolute atomic E-state index is 12.8. The standard InChI is InChI=1S/C14H21FN2/c1-10(12-3-5-13(15)6-4-12)7-17-8-11(2)14(16)9-17/h3-6,10-11,14H,7-9,16H2,1-2H3. The molecule has 1 aromatic carbocycles. The zero-order valence-electron chi connectivity index (χ0n) is 10.6. The maximum atomic E-state index is 12.8. The Labute approximate surface area is 103 Å². The van der Waals surface area contributed by atoms with Crippen LogP contribution in [0.3, 0.4) is 0 Å². The second-order valence-electron chi connectivity index (χ2n) is 5.31. The number of benzene rings is 1. The second kappa shape index (κ2) is 5.15. The van der Waals surface area contributed by atoms with Gasteiger partial charge in [-0.15, -0.1) is 0 Å². The highest BCUT2D eigenvalue weighted by atomic mass is 19.1. The third-order valence-electron chi connectivity index (χ3n) is 3.72. The van der Waals surface area contributed by atoms with E-state index in [0.29, 0.717) is 17.9 Å². The zero-order valence-corrected chi connectivity index (χ0v) is 10.6. The first-order valence-corrected chi connectivity index (χ1v) is 6.29. The van der Waals surface area contributed by atoms with Crippen molar-refractivity contribution >= 4 is 0 Å². The molecule has 1 aliphatic heterocycles. The third-order valence-corrected chi connectivity index (χ3v) is 3.72. The maximum Gasteiger partial charge on any atom is 0.123 e. The van der Waals surface area contributed by atoms with Gasteiger partial charge in [0.15, 0.2) is 0 Å². The molecule has 0 spiro atoms. The van der Waals surface area contributed by atoms with E-state index >= 15 is 0 Å². The molecule has 0 bridgehead atoms. The van der Waals surface area contributed by atoms with Gasteiger partial charge in [0.25, 0.3) is 0 Å². The number of hydrogen-bond donors (Lipinski definition) is 1. The summed E-state index contributed by atoms with van der Waals surface area (Å²) < 4.78 is 12.8. The molecule has 0 aromatic heterocycles. The molecule has 1 fully saturated rings. The van der Waals surface area contributed by atoms with E-state index < -0.39 is 0 Å². The molecule has 1 aliphatic rings. The minimum Gasteiger partial charge on any atom is -0.326 e. The van der Waals surface area contributed by atoms with Crippen molar-refractivity contribution in [2.24, 2.45) is 11.7 Å². The minimum atomic E-state index is -0.169. The Morgan fingerprint density at radius 2 is 2.00 bits per heavy atom. The molecule has 0 saturated carbocycles. The lowest BCUT2D eigenvalue weighted by Crippen LogP contribution is -2.30. The Bertz CT molecular complexity index is 353. The van der Waals surface area contributed by atoms with E-state index in [1.54, 1.807) is 0 Å². The van der Waals surface area contributed by atoms with Crippen LogP contribution >= 0.6 is 0 Å². The normalized spacial score (nSPS) is 27.3. The summed E-state index contributed by atoms with van der Waals surface area (Å²) in [6.07, 6.45) is 0. The highest BCUT2D eigenvalue weighted by Gasteiger charge is 2.27. The molecule has 0 aliphatic carbocycles. The number of nitrogens with zero attached hydrogens (tertiary/aromatic N) is 1. The molecule has 2 rings (SSSR count). The van der Waals surface area contributed by atoms with E-state index in [0.717, 1.165) is 19.6 Å². The molecule has 2 nitrogen and oxygen atoms in total. The molecular formula is C14H21FN2. The average molecular weight is 236 g/mol. The van der Waals surface area contributed by atoms with Crippen molar-refractivity contribution in [3.05, 3.63) is 35.6 Å². The Balaban J connectivity index is 1.93. The van der Waals surface area contributed by atoms with E-state index in [4.69, 9.17) is 5.73 Å². The summed E-state index contributed by atoms with van der Waals surface area (Å²) in [4.78, 5) is 2.41. The molecule has 2 N–H and O–H groups in total. The van der Waals surface area contributed by atoms with E-state index in [1.165, 1.54) is 17.7 Å². The Morgan fingerprint density at radius 3 is 2.53 bits per heavy atom. The zero-order chi connectivity index (χ0) is 12.4. The van der Waals surface area contributed by atoms with Gasteiger partial charge in [0.05, 0.1) is 0 Å². The van der Waals surface area contributed by atoms with E-state index in [9.17, 15) is 4.39 Å². The number of nitrogens with two attached hydrogens (primary N) is 1. The van der Waals surface area contributed by atoms with Gasteiger partial charge < -0.3 is 10.6 Å². The topological polar surface area (TPSA) is 29.3 Å². The summed E-state index contributed by atoms with van der Waals surface area (Å²) in [7, 11) is 0.